The first-order valence-corrected chi connectivity index (χ1v) is 10.1. The molecule has 0 aromatic carbocycles. The smallest absolute Gasteiger partial charge is 0.238 e. The number of amides is 1. The molecular formula is C15H24F2N2O3S. The van der Waals surface area contributed by atoms with Crippen LogP contribution in [0.4, 0.5) is 8.78 Å². The summed E-state index contributed by atoms with van der Waals surface area (Å²) in [6.45, 7) is 0.0278. The van der Waals surface area contributed by atoms with E-state index in [0.717, 1.165) is 19.1 Å². The second-order valence-corrected chi connectivity index (χ2v) is 9.67. The lowest BCUT2D eigenvalue weighted by Gasteiger charge is -2.41. The largest absolute Gasteiger partial charge is 0.336 e. The van der Waals surface area contributed by atoms with Gasteiger partial charge in [-0.05, 0) is 38.0 Å². The van der Waals surface area contributed by atoms with E-state index in [-0.39, 0.29) is 43.3 Å². The Balaban J connectivity index is 1.75. The number of fused-ring (bicyclic) bond motifs is 2. The van der Waals surface area contributed by atoms with Crippen molar-refractivity contribution in [1.29, 1.82) is 0 Å². The number of carbonyl (C=O) groups excluding carboxylic acids is 1. The first-order chi connectivity index (χ1) is 10.7. The molecule has 1 saturated carbocycles. The summed E-state index contributed by atoms with van der Waals surface area (Å²) in [5.41, 5.74) is 4.77. The van der Waals surface area contributed by atoms with E-state index in [4.69, 9.17) is 5.73 Å². The quantitative estimate of drug-likeness (QED) is 0.807. The first-order valence-electron chi connectivity index (χ1n) is 8.19. The van der Waals surface area contributed by atoms with Crippen molar-refractivity contribution in [2.24, 2.45) is 17.1 Å². The number of hydrogen-bond acceptors (Lipinski definition) is 4. The number of rotatable bonds is 5. The molecule has 0 aromatic heterocycles. The second-order valence-electron chi connectivity index (χ2n) is 7.44. The summed E-state index contributed by atoms with van der Waals surface area (Å²) in [5, 5.41) is -0.689. The van der Waals surface area contributed by atoms with Crippen LogP contribution in [-0.4, -0.2) is 55.8 Å². The molecule has 1 aliphatic carbocycles. The second kappa shape index (κ2) is 5.65. The third-order valence-corrected chi connectivity index (χ3v) is 7.54. The molecule has 8 heteroatoms. The van der Waals surface area contributed by atoms with Gasteiger partial charge in [-0.1, -0.05) is 0 Å². The molecule has 2 aliphatic heterocycles. The molecule has 3 rings (SSSR count). The van der Waals surface area contributed by atoms with E-state index >= 15 is 0 Å². The summed E-state index contributed by atoms with van der Waals surface area (Å²) >= 11 is 0. The Morgan fingerprint density at radius 1 is 1.30 bits per heavy atom. The molecule has 3 fully saturated rings. The molecular weight excluding hydrogens is 326 g/mol. The van der Waals surface area contributed by atoms with Crippen LogP contribution in [0.5, 0.6) is 0 Å². The van der Waals surface area contributed by atoms with Gasteiger partial charge in [0.2, 0.25) is 12.3 Å². The molecule has 0 aromatic rings. The zero-order valence-electron chi connectivity index (χ0n) is 13.2. The van der Waals surface area contributed by atoms with Crippen LogP contribution in [0, 0.1) is 11.3 Å². The van der Waals surface area contributed by atoms with Gasteiger partial charge in [0, 0.05) is 31.3 Å². The number of halogens is 2. The Bertz CT molecular complexity index is 584. The van der Waals surface area contributed by atoms with Crippen LogP contribution in [0.15, 0.2) is 0 Å². The lowest BCUT2D eigenvalue weighted by molar-refractivity contribution is -0.142. The molecule has 132 valence electrons. The number of piperidine rings is 1. The van der Waals surface area contributed by atoms with Gasteiger partial charge in [-0.3, -0.25) is 4.79 Å². The highest BCUT2D eigenvalue weighted by Gasteiger charge is 2.66. The standard InChI is InChI=1S/C15H24F2N2O3S/c1-23(21,22)12-7-15(12,8-18)14(20)19-10-2-3-11(19)5-9(4-10)6-13(16)17/h9-13H,2-8,18H2,1H3. The van der Waals surface area contributed by atoms with Gasteiger partial charge in [0.25, 0.3) is 0 Å². The lowest BCUT2D eigenvalue weighted by Crippen LogP contribution is -2.52. The molecule has 5 nitrogen and oxygen atoms in total. The van der Waals surface area contributed by atoms with Crippen molar-refractivity contribution >= 4 is 15.7 Å². The van der Waals surface area contributed by atoms with E-state index in [1.807, 2.05) is 0 Å². The fraction of sp³-hybridized carbons (Fsp3) is 0.933. The maximum Gasteiger partial charge on any atom is 0.238 e. The number of nitrogens with zero attached hydrogens (tertiary/aromatic N) is 1. The van der Waals surface area contributed by atoms with Crippen molar-refractivity contribution in [1.82, 2.24) is 4.90 Å². The van der Waals surface area contributed by atoms with Crippen molar-refractivity contribution in [3.63, 3.8) is 0 Å². The number of sulfone groups is 1. The highest BCUT2D eigenvalue weighted by atomic mass is 32.2. The molecule has 2 heterocycles. The Hall–Kier alpha value is -0.760. The van der Waals surface area contributed by atoms with Crippen LogP contribution < -0.4 is 5.73 Å². The van der Waals surface area contributed by atoms with Crippen LogP contribution >= 0.6 is 0 Å². The van der Waals surface area contributed by atoms with Gasteiger partial charge in [-0.25, -0.2) is 17.2 Å². The molecule has 2 saturated heterocycles. The van der Waals surface area contributed by atoms with Crippen molar-refractivity contribution in [2.75, 3.05) is 12.8 Å². The van der Waals surface area contributed by atoms with Crippen LogP contribution in [0.1, 0.15) is 38.5 Å². The zero-order valence-corrected chi connectivity index (χ0v) is 14.1. The van der Waals surface area contributed by atoms with Crippen molar-refractivity contribution in [2.45, 2.75) is 62.3 Å². The Morgan fingerprint density at radius 3 is 2.26 bits per heavy atom. The molecule has 23 heavy (non-hydrogen) atoms. The molecule has 4 atom stereocenters. The minimum atomic E-state index is -3.30. The van der Waals surface area contributed by atoms with Gasteiger partial charge < -0.3 is 10.6 Å². The predicted molar refractivity (Wildman–Crippen MR) is 81.7 cm³/mol. The molecule has 4 unspecified atom stereocenters. The van der Waals surface area contributed by atoms with E-state index in [0.29, 0.717) is 12.8 Å². The summed E-state index contributed by atoms with van der Waals surface area (Å²) in [6.07, 6.45) is 1.84. The van der Waals surface area contributed by atoms with Gasteiger partial charge in [-0.2, -0.15) is 0 Å². The lowest BCUT2D eigenvalue weighted by atomic mass is 9.87. The van der Waals surface area contributed by atoms with E-state index in [9.17, 15) is 22.0 Å². The Labute approximate surface area is 135 Å². The summed E-state index contributed by atoms with van der Waals surface area (Å²) in [7, 11) is -3.30. The minimum Gasteiger partial charge on any atom is -0.336 e. The Kier molecular flexibility index (Phi) is 4.20. The van der Waals surface area contributed by atoms with Crippen LogP contribution in [0.2, 0.25) is 0 Å². The maximum absolute atomic E-state index is 13.0. The van der Waals surface area contributed by atoms with Gasteiger partial charge >= 0.3 is 0 Å². The molecule has 1 amide bonds. The van der Waals surface area contributed by atoms with Crippen molar-refractivity contribution < 1.29 is 22.0 Å². The maximum atomic E-state index is 13.0. The summed E-state index contributed by atoms with van der Waals surface area (Å²) in [6, 6.07) is -0.0662. The molecule has 0 spiro atoms. The molecule has 3 aliphatic rings. The fourth-order valence-electron chi connectivity index (χ4n) is 4.68. The average molecular weight is 350 g/mol. The van der Waals surface area contributed by atoms with E-state index in [1.165, 1.54) is 0 Å². The van der Waals surface area contributed by atoms with Crippen LogP contribution in [-0.2, 0) is 14.6 Å². The molecule has 2 bridgehead atoms. The molecule has 2 N–H and O–H groups in total. The van der Waals surface area contributed by atoms with E-state index in [1.54, 1.807) is 4.90 Å². The third kappa shape index (κ3) is 2.88. The van der Waals surface area contributed by atoms with Gasteiger partial charge in [0.05, 0.1) is 10.7 Å². The number of alkyl halides is 2. The fourth-order valence-corrected chi connectivity index (χ4v) is 6.30. The van der Waals surface area contributed by atoms with Crippen LogP contribution in [0.3, 0.4) is 0 Å². The van der Waals surface area contributed by atoms with Crippen LogP contribution in [0.25, 0.3) is 0 Å². The van der Waals surface area contributed by atoms with Gasteiger partial charge in [-0.15, -0.1) is 0 Å². The summed E-state index contributed by atoms with van der Waals surface area (Å²) < 4.78 is 48.8. The summed E-state index contributed by atoms with van der Waals surface area (Å²) in [5.74, 6) is -0.214. The SMILES string of the molecule is CS(=O)(=O)C1CC1(CN)C(=O)N1C2CCC1CC(CC(F)F)C2. The Morgan fingerprint density at radius 2 is 1.87 bits per heavy atom. The third-order valence-electron chi connectivity index (χ3n) is 5.89. The number of hydrogen-bond donors (Lipinski definition) is 1. The highest BCUT2D eigenvalue weighted by Crippen LogP contribution is 2.53. The van der Waals surface area contributed by atoms with Gasteiger partial charge in [0.15, 0.2) is 9.84 Å². The average Bonchev–Trinajstić information content (AvgIpc) is 3.14. The molecule has 0 radical (unpaired) electrons. The number of carbonyl (C=O) groups is 1. The highest BCUT2D eigenvalue weighted by molar-refractivity contribution is 7.91. The van der Waals surface area contributed by atoms with Crippen molar-refractivity contribution in [3.8, 4) is 0 Å². The van der Waals surface area contributed by atoms with E-state index in [2.05, 4.69) is 0 Å². The van der Waals surface area contributed by atoms with E-state index < -0.39 is 26.9 Å². The number of nitrogens with two attached hydrogens (primary N) is 1. The van der Waals surface area contributed by atoms with Gasteiger partial charge in [0.1, 0.15) is 0 Å². The van der Waals surface area contributed by atoms with Crippen molar-refractivity contribution in [3.05, 3.63) is 0 Å². The predicted octanol–water partition coefficient (Wildman–Crippen LogP) is 1.17. The zero-order chi connectivity index (χ0) is 17.0. The minimum absolute atomic E-state index is 0.0278. The summed E-state index contributed by atoms with van der Waals surface area (Å²) in [4.78, 5) is 14.8. The topological polar surface area (TPSA) is 80.5 Å². The normalized spacial score (nSPS) is 39.8. The first kappa shape index (κ1) is 17.1. The monoisotopic (exact) mass is 350 g/mol.